The number of hydrogen-bond acceptors (Lipinski definition) is 4. The molecule has 2 rings (SSSR count). The van der Waals surface area contributed by atoms with Crippen molar-refractivity contribution >= 4 is 10.0 Å². The van der Waals surface area contributed by atoms with Crippen LogP contribution in [0.4, 0.5) is 0 Å². The van der Waals surface area contributed by atoms with Gasteiger partial charge < -0.3 is 9.84 Å². The Morgan fingerprint density at radius 3 is 2.52 bits per heavy atom. The van der Waals surface area contributed by atoms with E-state index >= 15 is 0 Å². The van der Waals surface area contributed by atoms with Crippen LogP contribution in [0.1, 0.15) is 32.3 Å². The molecule has 1 aliphatic carbocycles. The third-order valence-corrected chi connectivity index (χ3v) is 5.44. The van der Waals surface area contributed by atoms with Crippen molar-refractivity contribution in [2.24, 2.45) is 5.92 Å². The number of aliphatic hydroxyl groups is 1. The van der Waals surface area contributed by atoms with Gasteiger partial charge in [0.1, 0.15) is 5.75 Å². The SMILES string of the molecule is COc1ccc(S(=O)(=O)N(CC(C)C)C2CC2)cc1CO. The average Bonchev–Trinajstić information content (AvgIpc) is 3.28. The van der Waals surface area contributed by atoms with Gasteiger partial charge in [0.2, 0.25) is 10.0 Å². The van der Waals surface area contributed by atoms with E-state index in [-0.39, 0.29) is 23.5 Å². The zero-order valence-electron chi connectivity index (χ0n) is 12.7. The van der Waals surface area contributed by atoms with E-state index in [1.807, 2.05) is 13.8 Å². The Labute approximate surface area is 126 Å². The summed E-state index contributed by atoms with van der Waals surface area (Å²) in [6.07, 6.45) is 1.85. The molecule has 1 fully saturated rings. The highest BCUT2D eigenvalue weighted by atomic mass is 32.2. The molecule has 1 aliphatic rings. The number of ether oxygens (including phenoxy) is 1. The zero-order valence-corrected chi connectivity index (χ0v) is 13.6. The molecule has 6 heteroatoms. The molecule has 0 unspecified atom stereocenters. The van der Waals surface area contributed by atoms with Crippen molar-refractivity contribution in [3.63, 3.8) is 0 Å². The van der Waals surface area contributed by atoms with Crippen molar-refractivity contribution in [3.8, 4) is 5.75 Å². The molecule has 118 valence electrons. The molecular weight excluding hydrogens is 290 g/mol. The molecule has 1 aromatic carbocycles. The van der Waals surface area contributed by atoms with Crippen LogP contribution in [-0.2, 0) is 16.6 Å². The summed E-state index contributed by atoms with van der Waals surface area (Å²) in [4.78, 5) is 0.222. The van der Waals surface area contributed by atoms with Gasteiger partial charge in [-0.3, -0.25) is 0 Å². The first-order valence-corrected chi connectivity index (χ1v) is 8.63. The molecule has 0 heterocycles. The molecule has 0 aromatic heterocycles. The van der Waals surface area contributed by atoms with Gasteiger partial charge in [0.15, 0.2) is 0 Å². The van der Waals surface area contributed by atoms with Crippen molar-refractivity contribution in [2.75, 3.05) is 13.7 Å². The molecule has 0 saturated heterocycles. The van der Waals surface area contributed by atoms with E-state index in [0.29, 0.717) is 17.9 Å². The normalized spacial score (nSPS) is 15.7. The Hall–Kier alpha value is -1.11. The minimum absolute atomic E-state index is 0.122. The average molecular weight is 313 g/mol. The predicted octanol–water partition coefficient (Wildman–Crippen LogP) is 2.00. The molecule has 1 N–H and O–H groups in total. The van der Waals surface area contributed by atoms with Crippen LogP contribution in [0.2, 0.25) is 0 Å². The Morgan fingerprint density at radius 2 is 2.05 bits per heavy atom. The lowest BCUT2D eigenvalue weighted by Gasteiger charge is -2.24. The number of nitrogens with zero attached hydrogens (tertiary/aromatic N) is 1. The van der Waals surface area contributed by atoms with Gasteiger partial charge >= 0.3 is 0 Å². The third-order valence-electron chi connectivity index (χ3n) is 3.53. The van der Waals surface area contributed by atoms with Crippen LogP contribution in [0.3, 0.4) is 0 Å². The molecule has 5 nitrogen and oxygen atoms in total. The summed E-state index contributed by atoms with van der Waals surface area (Å²) in [5.41, 5.74) is 0.485. The maximum Gasteiger partial charge on any atom is 0.243 e. The Bertz CT molecular complexity index is 594. The van der Waals surface area contributed by atoms with Gasteiger partial charge in [-0.1, -0.05) is 13.8 Å². The number of rotatable bonds is 7. The summed E-state index contributed by atoms with van der Waals surface area (Å²) in [5, 5.41) is 9.36. The van der Waals surface area contributed by atoms with E-state index in [1.54, 1.807) is 16.4 Å². The molecule has 0 bridgehead atoms. The number of benzene rings is 1. The van der Waals surface area contributed by atoms with Crippen molar-refractivity contribution < 1.29 is 18.3 Å². The van der Waals surface area contributed by atoms with Crippen LogP contribution in [0.15, 0.2) is 23.1 Å². The van der Waals surface area contributed by atoms with E-state index in [4.69, 9.17) is 4.74 Å². The highest BCUT2D eigenvalue weighted by Gasteiger charge is 2.38. The third kappa shape index (κ3) is 3.56. The van der Waals surface area contributed by atoms with Crippen molar-refractivity contribution in [1.29, 1.82) is 0 Å². The summed E-state index contributed by atoms with van der Waals surface area (Å²) in [6, 6.07) is 4.77. The lowest BCUT2D eigenvalue weighted by Crippen LogP contribution is -2.36. The first-order chi connectivity index (χ1) is 9.90. The number of methoxy groups -OCH3 is 1. The molecule has 0 aliphatic heterocycles. The molecule has 0 atom stereocenters. The van der Waals surface area contributed by atoms with Crippen LogP contribution in [0, 0.1) is 5.92 Å². The maximum absolute atomic E-state index is 12.8. The second kappa shape index (κ2) is 6.34. The number of aliphatic hydroxyl groups excluding tert-OH is 1. The van der Waals surface area contributed by atoms with Crippen LogP contribution in [0.5, 0.6) is 5.75 Å². The predicted molar refractivity (Wildman–Crippen MR) is 80.7 cm³/mol. The van der Waals surface area contributed by atoms with E-state index < -0.39 is 10.0 Å². The Morgan fingerprint density at radius 1 is 1.38 bits per heavy atom. The fraction of sp³-hybridized carbons (Fsp3) is 0.600. The number of hydrogen-bond donors (Lipinski definition) is 1. The standard InChI is InChI=1S/C15H23NO4S/c1-11(2)9-16(13-4-5-13)21(18,19)14-6-7-15(20-3)12(8-14)10-17/h6-8,11,13,17H,4-5,9-10H2,1-3H3. The fourth-order valence-corrected chi connectivity index (χ4v) is 4.24. The van der Waals surface area contributed by atoms with Gasteiger partial charge in [0.25, 0.3) is 0 Å². The minimum Gasteiger partial charge on any atom is -0.496 e. The maximum atomic E-state index is 12.8. The molecule has 1 saturated carbocycles. The van der Waals surface area contributed by atoms with Crippen molar-refractivity contribution in [2.45, 2.75) is 44.2 Å². The lowest BCUT2D eigenvalue weighted by atomic mass is 10.2. The summed E-state index contributed by atoms with van der Waals surface area (Å²) in [6.45, 7) is 4.30. The van der Waals surface area contributed by atoms with Crippen molar-refractivity contribution in [1.82, 2.24) is 4.31 Å². The van der Waals surface area contributed by atoms with E-state index in [9.17, 15) is 13.5 Å². The smallest absolute Gasteiger partial charge is 0.243 e. The fourth-order valence-electron chi connectivity index (χ4n) is 2.34. The first-order valence-electron chi connectivity index (χ1n) is 7.19. The molecule has 0 spiro atoms. The van der Waals surface area contributed by atoms with Gasteiger partial charge in [-0.2, -0.15) is 4.31 Å². The molecule has 0 radical (unpaired) electrons. The number of sulfonamides is 1. The van der Waals surface area contributed by atoms with E-state index in [2.05, 4.69) is 0 Å². The van der Waals surface area contributed by atoms with Crippen LogP contribution < -0.4 is 4.74 Å². The van der Waals surface area contributed by atoms with Crippen LogP contribution in [-0.4, -0.2) is 37.5 Å². The topological polar surface area (TPSA) is 66.8 Å². The summed E-state index contributed by atoms with van der Waals surface area (Å²) in [7, 11) is -2.03. The summed E-state index contributed by atoms with van der Waals surface area (Å²) >= 11 is 0. The van der Waals surface area contributed by atoms with E-state index in [1.165, 1.54) is 13.2 Å². The first kappa shape index (κ1) is 16.3. The zero-order chi connectivity index (χ0) is 15.6. The molecule has 21 heavy (non-hydrogen) atoms. The quantitative estimate of drug-likeness (QED) is 0.836. The highest BCUT2D eigenvalue weighted by molar-refractivity contribution is 7.89. The Balaban J connectivity index is 2.37. The Kier molecular flexibility index (Phi) is 4.91. The van der Waals surface area contributed by atoms with Gasteiger partial charge in [0.05, 0.1) is 18.6 Å². The highest BCUT2D eigenvalue weighted by Crippen LogP contribution is 2.34. The largest absolute Gasteiger partial charge is 0.496 e. The van der Waals surface area contributed by atoms with Gasteiger partial charge in [0, 0.05) is 18.2 Å². The monoisotopic (exact) mass is 313 g/mol. The molecular formula is C15H23NO4S. The summed E-state index contributed by atoms with van der Waals surface area (Å²) in [5.74, 6) is 0.772. The lowest BCUT2D eigenvalue weighted by molar-refractivity contribution is 0.273. The van der Waals surface area contributed by atoms with Crippen molar-refractivity contribution in [3.05, 3.63) is 23.8 Å². The van der Waals surface area contributed by atoms with Gasteiger partial charge in [-0.25, -0.2) is 8.42 Å². The van der Waals surface area contributed by atoms with Crippen LogP contribution in [0.25, 0.3) is 0 Å². The summed E-state index contributed by atoms with van der Waals surface area (Å²) < 4.78 is 32.4. The van der Waals surface area contributed by atoms with Gasteiger partial charge in [-0.15, -0.1) is 0 Å². The second-order valence-electron chi connectivity index (χ2n) is 5.83. The molecule has 0 amide bonds. The molecule has 1 aromatic rings. The van der Waals surface area contributed by atoms with Gasteiger partial charge in [-0.05, 0) is 37.0 Å². The minimum atomic E-state index is -3.52. The van der Waals surface area contributed by atoms with Crippen LogP contribution >= 0.6 is 0 Å². The second-order valence-corrected chi connectivity index (χ2v) is 7.72. The van der Waals surface area contributed by atoms with E-state index in [0.717, 1.165) is 12.8 Å².